The molecule has 0 aliphatic carbocycles. The number of hydrogen-bond donors (Lipinski definition) is 1. The lowest BCUT2D eigenvalue weighted by Crippen LogP contribution is -2.09. The Labute approximate surface area is 84.7 Å². The average molecular weight is 247 g/mol. The fourth-order valence-corrected chi connectivity index (χ4v) is 1.44. The van der Waals surface area contributed by atoms with Crippen LogP contribution in [0, 0.1) is 6.92 Å². The Bertz CT molecular complexity index is 346. The van der Waals surface area contributed by atoms with E-state index in [4.69, 9.17) is 5.11 Å². The van der Waals surface area contributed by atoms with E-state index < -0.39 is 11.9 Å². The molecule has 0 aliphatic heterocycles. The van der Waals surface area contributed by atoms with Crippen LogP contribution in [0.25, 0.3) is 0 Å². The van der Waals surface area contributed by atoms with E-state index in [1.807, 2.05) is 6.92 Å². The Morgan fingerprint density at radius 3 is 2.54 bits per heavy atom. The lowest BCUT2D eigenvalue weighted by molar-refractivity contribution is -0.138. The zero-order valence-corrected chi connectivity index (χ0v) is 9.29. The normalized spacial score (nSPS) is 12.9. The highest BCUT2D eigenvalue weighted by molar-refractivity contribution is 9.10. The number of nitrogens with zero attached hydrogens (tertiary/aromatic N) is 2. The highest BCUT2D eigenvalue weighted by atomic mass is 79.9. The predicted molar refractivity (Wildman–Crippen MR) is 51.7 cm³/mol. The summed E-state index contributed by atoms with van der Waals surface area (Å²) in [6, 6.07) is 0. The van der Waals surface area contributed by atoms with Crippen molar-refractivity contribution >= 4 is 21.9 Å². The fraction of sp³-hybridized carbons (Fsp3) is 0.500. The molecular formula is C8H11BrN2O2. The van der Waals surface area contributed by atoms with Crippen LogP contribution in [0.3, 0.4) is 0 Å². The second-order valence-corrected chi connectivity index (χ2v) is 3.74. The van der Waals surface area contributed by atoms with E-state index >= 15 is 0 Å². The quantitative estimate of drug-likeness (QED) is 0.864. The molecule has 0 amide bonds. The molecule has 1 N–H and O–H groups in total. The molecule has 1 aromatic heterocycles. The van der Waals surface area contributed by atoms with Crippen molar-refractivity contribution in [3.05, 3.63) is 15.9 Å². The van der Waals surface area contributed by atoms with E-state index in [1.54, 1.807) is 18.7 Å². The van der Waals surface area contributed by atoms with Gasteiger partial charge in [0.1, 0.15) is 4.60 Å². The number of carboxylic acid groups (broad SMARTS) is 1. The molecule has 0 radical (unpaired) electrons. The van der Waals surface area contributed by atoms with Gasteiger partial charge in [0.25, 0.3) is 0 Å². The van der Waals surface area contributed by atoms with Gasteiger partial charge < -0.3 is 5.11 Å². The zero-order chi connectivity index (χ0) is 10.2. The van der Waals surface area contributed by atoms with Gasteiger partial charge in [-0.25, -0.2) is 0 Å². The van der Waals surface area contributed by atoms with Crippen LogP contribution >= 0.6 is 15.9 Å². The molecule has 0 bridgehead atoms. The second kappa shape index (κ2) is 3.49. The third-order valence-electron chi connectivity index (χ3n) is 2.02. The number of halogens is 1. The van der Waals surface area contributed by atoms with Crippen molar-refractivity contribution in [2.75, 3.05) is 0 Å². The first-order chi connectivity index (χ1) is 5.95. The number of aliphatic carboxylic acids is 1. The highest BCUT2D eigenvalue weighted by Gasteiger charge is 2.21. The number of aromatic nitrogens is 2. The molecule has 72 valence electrons. The fourth-order valence-electron chi connectivity index (χ4n) is 1.16. The summed E-state index contributed by atoms with van der Waals surface area (Å²) in [5.41, 5.74) is 1.50. The van der Waals surface area contributed by atoms with Gasteiger partial charge in [0.15, 0.2) is 0 Å². The van der Waals surface area contributed by atoms with Crippen LogP contribution in [-0.2, 0) is 11.8 Å². The number of carboxylic acids is 1. The molecule has 5 heteroatoms. The summed E-state index contributed by atoms with van der Waals surface area (Å²) in [6.45, 7) is 3.48. The molecule has 0 fully saturated rings. The lowest BCUT2D eigenvalue weighted by atomic mass is 10.1. The number of aryl methyl sites for hydroxylation is 1. The van der Waals surface area contributed by atoms with Gasteiger partial charge in [-0.05, 0) is 29.8 Å². The van der Waals surface area contributed by atoms with Crippen LogP contribution in [0.2, 0.25) is 0 Å². The second-order valence-electron chi connectivity index (χ2n) is 2.98. The SMILES string of the molecule is Cc1c(C(C)C(=O)O)nn(C)c1Br. The topological polar surface area (TPSA) is 55.1 Å². The highest BCUT2D eigenvalue weighted by Crippen LogP contribution is 2.24. The van der Waals surface area contributed by atoms with Crippen LogP contribution in [0.4, 0.5) is 0 Å². The molecule has 1 aromatic rings. The zero-order valence-electron chi connectivity index (χ0n) is 7.71. The Morgan fingerprint density at radius 1 is 1.69 bits per heavy atom. The standard InChI is InChI=1S/C8H11BrN2O2/c1-4-6(5(2)8(12)13)10-11(3)7(4)9/h5H,1-3H3,(H,12,13). The Hall–Kier alpha value is -0.840. The summed E-state index contributed by atoms with van der Waals surface area (Å²) in [7, 11) is 1.77. The molecular weight excluding hydrogens is 236 g/mol. The summed E-state index contributed by atoms with van der Waals surface area (Å²) in [5, 5.41) is 12.9. The van der Waals surface area contributed by atoms with E-state index in [-0.39, 0.29) is 0 Å². The molecule has 1 rings (SSSR count). The van der Waals surface area contributed by atoms with Crippen molar-refractivity contribution in [1.29, 1.82) is 0 Å². The van der Waals surface area contributed by atoms with E-state index in [9.17, 15) is 4.79 Å². The minimum Gasteiger partial charge on any atom is -0.481 e. The first-order valence-electron chi connectivity index (χ1n) is 3.87. The summed E-state index contributed by atoms with van der Waals surface area (Å²) in [6.07, 6.45) is 0. The molecule has 1 unspecified atom stereocenters. The van der Waals surface area contributed by atoms with Gasteiger partial charge in [0.2, 0.25) is 0 Å². The minimum absolute atomic E-state index is 0.558. The average Bonchev–Trinajstić information content (AvgIpc) is 2.31. The summed E-state index contributed by atoms with van der Waals surface area (Å²) < 4.78 is 2.46. The van der Waals surface area contributed by atoms with Crippen molar-refractivity contribution in [3.63, 3.8) is 0 Å². The number of carbonyl (C=O) groups is 1. The van der Waals surface area contributed by atoms with Crippen molar-refractivity contribution in [1.82, 2.24) is 9.78 Å². The van der Waals surface area contributed by atoms with Crippen molar-refractivity contribution in [2.24, 2.45) is 7.05 Å². The number of rotatable bonds is 2. The van der Waals surface area contributed by atoms with Crippen molar-refractivity contribution in [3.8, 4) is 0 Å². The molecule has 0 spiro atoms. The first kappa shape index (κ1) is 10.2. The molecule has 13 heavy (non-hydrogen) atoms. The minimum atomic E-state index is -0.853. The van der Waals surface area contributed by atoms with Crippen LogP contribution in [0.1, 0.15) is 24.1 Å². The van der Waals surface area contributed by atoms with Crippen LogP contribution < -0.4 is 0 Å². The summed E-state index contributed by atoms with van der Waals surface area (Å²) >= 11 is 3.32. The Balaban J connectivity index is 3.15. The van der Waals surface area contributed by atoms with E-state index in [1.165, 1.54) is 0 Å². The largest absolute Gasteiger partial charge is 0.481 e. The van der Waals surface area contributed by atoms with E-state index in [0.29, 0.717) is 5.69 Å². The van der Waals surface area contributed by atoms with Gasteiger partial charge in [-0.15, -0.1) is 0 Å². The van der Waals surface area contributed by atoms with Crippen LogP contribution in [-0.4, -0.2) is 20.9 Å². The van der Waals surface area contributed by atoms with Crippen LogP contribution in [0.5, 0.6) is 0 Å². The number of hydrogen-bond acceptors (Lipinski definition) is 2. The molecule has 0 aromatic carbocycles. The first-order valence-corrected chi connectivity index (χ1v) is 4.66. The van der Waals surface area contributed by atoms with Gasteiger partial charge in [0.05, 0.1) is 11.6 Å². The van der Waals surface area contributed by atoms with Gasteiger partial charge in [-0.2, -0.15) is 5.10 Å². The smallest absolute Gasteiger partial charge is 0.312 e. The monoisotopic (exact) mass is 246 g/mol. The van der Waals surface area contributed by atoms with Crippen molar-refractivity contribution < 1.29 is 9.90 Å². The van der Waals surface area contributed by atoms with E-state index in [2.05, 4.69) is 21.0 Å². The molecule has 0 saturated heterocycles. The maximum Gasteiger partial charge on any atom is 0.312 e. The maximum atomic E-state index is 10.7. The van der Waals surface area contributed by atoms with Gasteiger partial charge in [0, 0.05) is 12.6 Å². The Kier molecular flexibility index (Phi) is 2.75. The maximum absolute atomic E-state index is 10.7. The van der Waals surface area contributed by atoms with Gasteiger partial charge in [-0.1, -0.05) is 0 Å². The molecule has 1 atom stereocenters. The third-order valence-corrected chi connectivity index (χ3v) is 3.12. The third kappa shape index (κ3) is 1.75. The molecule has 1 heterocycles. The summed E-state index contributed by atoms with van der Waals surface area (Å²) in [5.74, 6) is -1.41. The Morgan fingerprint density at radius 2 is 2.23 bits per heavy atom. The molecule has 0 saturated carbocycles. The van der Waals surface area contributed by atoms with E-state index in [0.717, 1.165) is 10.2 Å². The predicted octanol–water partition coefficient (Wildman–Crippen LogP) is 1.68. The van der Waals surface area contributed by atoms with Crippen LogP contribution in [0.15, 0.2) is 4.60 Å². The van der Waals surface area contributed by atoms with Crippen molar-refractivity contribution in [2.45, 2.75) is 19.8 Å². The van der Waals surface area contributed by atoms with Gasteiger partial charge in [-0.3, -0.25) is 9.48 Å². The molecule has 0 aliphatic rings. The lowest BCUT2D eigenvalue weighted by Gasteiger charge is -2.02. The summed E-state index contributed by atoms with van der Waals surface area (Å²) in [4.78, 5) is 10.7. The molecule has 4 nitrogen and oxygen atoms in total. The van der Waals surface area contributed by atoms with Gasteiger partial charge >= 0.3 is 5.97 Å².